The summed E-state index contributed by atoms with van der Waals surface area (Å²) in [6.45, 7) is 2.16. The van der Waals surface area contributed by atoms with Crippen LogP contribution in [0, 0.1) is 0 Å². The molecular weight excluding hydrogens is 254 g/mol. The van der Waals surface area contributed by atoms with E-state index in [2.05, 4.69) is 22.7 Å². The van der Waals surface area contributed by atoms with Crippen LogP contribution in [0.3, 0.4) is 0 Å². The molecule has 0 bridgehead atoms. The molecule has 1 unspecified atom stereocenters. The minimum atomic E-state index is 0.339. The van der Waals surface area contributed by atoms with Crippen molar-refractivity contribution in [2.45, 2.75) is 19.4 Å². The lowest BCUT2D eigenvalue weighted by molar-refractivity contribution is 0.556. The van der Waals surface area contributed by atoms with E-state index in [0.717, 1.165) is 28.2 Å². The number of imidazole rings is 1. The van der Waals surface area contributed by atoms with E-state index < -0.39 is 0 Å². The Hall–Kier alpha value is -0.870. The average molecular weight is 270 g/mol. The number of nitrogen functional groups attached to an aromatic ring is 1. The lowest BCUT2D eigenvalue weighted by atomic mass is 10.2. The molecule has 1 atom stereocenters. The summed E-state index contributed by atoms with van der Waals surface area (Å²) in [6, 6.07) is 6.01. The highest BCUT2D eigenvalue weighted by Crippen LogP contribution is 2.27. The van der Waals surface area contributed by atoms with Gasteiger partial charge >= 0.3 is 0 Å². The maximum atomic E-state index is 6.02. The third kappa shape index (κ3) is 2.53. The quantitative estimate of drug-likeness (QED) is 0.923. The molecule has 92 valence electrons. The standard InChI is InChI=1S/C12H16ClN3S/c1-8(5-6-17-2)16-11-7-9(13)3-4-10(11)15-12(16)14/h3-4,7-8H,5-6H2,1-2H3,(H2,14,15). The Kier molecular flexibility index (Phi) is 3.84. The summed E-state index contributed by atoms with van der Waals surface area (Å²) in [7, 11) is 0. The number of nitrogens with zero attached hydrogens (tertiary/aromatic N) is 2. The van der Waals surface area contributed by atoms with E-state index in [4.69, 9.17) is 17.3 Å². The fourth-order valence-electron chi connectivity index (χ4n) is 1.97. The molecule has 1 aromatic carbocycles. The van der Waals surface area contributed by atoms with E-state index in [1.54, 1.807) is 0 Å². The van der Waals surface area contributed by atoms with Crippen LogP contribution in [0.2, 0.25) is 5.02 Å². The third-order valence-corrected chi connectivity index (χ3v) is 3.74. The van der Waals surface area contributed by atoms with Gasteiger partial charge in [-0.2, -0.15) is 11.8 Å². The van der Waals surface area contributed by atoms with Crippen LogP contribution in [0.25, 0.3) is 11.0 Å². The van der Waals surface area contributed by atoms with Gasteiger partial charge in [-0.25, -0.2) is 4.98 Å². The summed E-state index contributed by atoms with van der Waals surface area (Å²) in [5.41, 5.74) is 7.90. The first-order valence-electron chi connectivity index (χ1n) is 5.55. The minimum absolute atomic E-state index is 0.339. The largest absolute Gasteiger partial charge is 0.369 e. The highest BCUT2D eigenvalue weighted by Gasteiger charge is 2.13. The van der Waals surface area contributed by atoms with Gasteiger partial charge in [-0.3, -0.25) is 0 Å². The molecule has 0 saturated heterocycles. The highest BCUT2D eigenvalue weighted by atomic mass is 35.5. The van der Waals surface area contributed by atoms with Gasteiger partial charge in [0, 0.05) is 11.1 Å². The number of anilines is 1. The van der Waals surface area contributed by atoms with Crippen LogP contribution < -0.4 is 5.73 Å². The van der Waals surface area contributed by atoms with Crippen molar-refractivity contribution in [3.05, 3.63) is 23.2 Å². The van der Waals surface area contributed by atoms with Crippen LogP contribution >= 0.6 is 23.4 Å². The zero-order chi connectivity index (χ0) is 12.4. The Morgan fingerprint density at radius 3 is 3.00 bits per heavy atom. The summed E-state index contributed by atoms with van der Waals surface area (Å²) in [5.74, 6) is 1.68. The molecule has 0 radical (unpaired) electrons. The smallest absolute Gasteiger partial charge is 0.201 e. The molecule has 2 aromatic rings. The van der Waals surface area contributed by atoms with Crippen molar-refractivity contribution < 1.29 is 0 Å². The van der Waals surface area contributed by atoms with Gasteiger partial charge in [-0.1, -0.05) is 11.6 Å². The molecule has 0 spiro atoms. The topological polar surface area (TPSA) is 43.8 Å². The molecule has 0 aliphatic rings. The van der Waals surface area contributed by atoms with Crippen molar-refractivity contribution in [1.82, 2.24) is 9.55 Å². The Morgan fingerprint density at radius 1 is 1.53 bits per heavy atom. The van der Waals surface area contributed by atoms with Crippen LogP contribution in [0.4, 0.5) is 5.95 Å². The fourth-order valence-corrected chi connectivity index (χ4v) is 2.71. The van der Waals surface area contributed by atoms with Gasteiger partial charge in [-0.05, 0) is 43.6 Å². The van der Waals surface area contributed by atoms with Crippen molar-refractivity contribution >= 4 is 40.3 Å². The molecule has 5 heteroatoms. The van der Waals surface area contributed by atoms with Crippen molar-refractivity contribution in [3.8, 4) is 0 Å². The van der Waals surface area contributed by atoms with E-state index in [9.17, 15) is 0 Å². The molecule has 0 aliphatic heterocycles. The van der Waals surface area contributed by atoms with Crippen molar-refractivity contribution in [3.63, 3.8) is 0 Å². The second kappa shape index (κ2) is 5.19. The zero-order valence-electron chi connectivity index (χ0n) is 9.98. The van der Waals surface area contributed by atoms with Crippen LogP contribution in [0.15, 0.2) is 18.2 Å². The van der Waals surface area contributed by atoms with Crippen LogP contribution in [-0.2, 0) is 0 Å². The Morgan fingerprint density at radius 2 is 2.29 bits per heavy atom. The van der Waals surface area contributed by atoms with E-state index >= 15 is 0 Å². The number of benzene rings is 1. The van der Waals surface area contributed by atoms with Gasteiger partial charge in [0.2, 0.25) is 5.95 Å². The maximum absolute atomic E-state index is 6.02. The third-order valence-electron chi connectivity index (χ3n) is 2.86. The Balaban J connectivity index is 2.44. The van der Waals surface area contributed by atoms with Gasteiger partial charge in [0.1, 0.15) is 0 Å². The van der Waals surface area contributed by atoms with Crippen molar-refractivity contribution in [2.75, 3.05) is 17.7 Å². The SMILES string of the molecule is CSCCC(C)n1c(N)nc2ccc(Cl)cc21. The number of nitrogens with two attached hydrogens (primary N) is 1. The van der Waals surface area contributed by atoms with Crippen molar-refractivity contribution in [2.24, 2.45) is 0 Å². The average Bonchev–Trinajstić information content (AvgIpc) is 2.61. The number of hydrogen-bond acceptors (Lipinski definition) is 3. The predicted molar refractivity (Wildman–Crippen MR) is 76.9 cm³/mol. The lowest BCUT2D eigenvalue weighted by Gasteiger charge is -2.15. The summed E-state index contributed by atoms with van der Waals surface area (Å²) in [5, 5.41) is 0.718. The molecule has 17 heavy (non-hydrogen) atoms. The summed E-state index contributed by atoms with van der Waals surface area (Å²) < 4.78 is 2.07. The maximum Gasteiger partial charge on any atom is 0.201 e. The number of aromatic nitrogens is 2. The Bertz CT molecular complexity index is 524. The van der Waals surface area contributed by atoms with Gasteiger partial charge in [0.25, 0.3) is 0 Å². The summed E-state index contributed by atoms with van der Waals surface area (Å²) in [4.78, 5) is 4.36. The van der Waals surface area contributed by atoms with Gasteiger partial charge in [0.15, 0.2) is 0 Å². The molecule has 1 aromatic heterocycles. The molecule has 2 N–H and O–H groups in total. The number of halogens is 1. The molecule has 0 saturated carbocycles. The van der Waals surface area contributed by atoms with E-state index in [0.29, 0.717) is 12.0 Å². The lowest BCUT2D eigenvalue weighted by Crippen LogP contribution is -2.09. The molecule has 0 fully saturated rings. The highest BCUT2D eigenvalue weighted by molar-refractivity contribution is 7.98. The number of rotatable bonds is 4. The number of thioether (sulfide) groups is 1. The molecule has 0 aliphatic carbocycles. The molecule has 1 heterocycles. The van der Waals surface area contributed by atoms with Crippen LogP contribution in [0.5, 0.6) is 0 Å². The molecule has 3 nitrogen and oxygen atoms in total. The predicted octanol–water partition coefficient (Wildman–Crippen LogP) is 3.59. The van der Waals surface area contributed by atoms with E-state index in [1.165, 1.54) is 0 Å². The van der Waals surface area contributed by atoms with Gasteiger partial charge < -0.3 is 10.3 Å². The molecular formula is C12H16ClN3S. The van der Waals surface area contributed by atoms with Crippen LogP contribution in [-0.4, -0.2) is 21.6 Å². The van der Waals surface area contributed by atoms with E-state index in [1.807, 2.05) is 30.0 Å². The molecule has 2 rings (SSSR count). The van der Waals surface area contributed by atoms with Gasteiger partial charge in [-0.15, -0.1) is 0 Å². The zero-order valence-corrected chi connectivity index (χ0v) is 11.6. The van der Waals surface area contributed by atoms with E-state index in [-0.39, 0.29) is 0 Å². The minimum Gasteiger partial charge on any atom is -0.369 e. The van der Waals surface area contributed by atoms with Crippen molar-refractivity contribution in [1.29, 1.82) is 0 Å². The number of fused-ring (bicyclic) bond motifs is 1. The Labute approximate surface area is 110 Å². The second-order valence-electron chi connectivity index (χ2n) is 4.10. The fraction of sp³-hybridized carbons (Fsp3) is 0.417. The second-order valence-corrected chi connectivity index (χ2v) is 5.53. The number of hydrogen-bond donors (Lipinski definition) is 1. The monoisotopic (exact) mass is 269 g/mol. The van der Waals surface area contributed by atoms with Crippen LogP contribution in [0.1, 0.15) is 19.4 Å². The summed E-state index contributed by atoms with van der Waals surface area (Å²) in [6.07, 6.45) is 3.18. The first-order chi connectivity index (χ1) is 8.13. The molecule has 0 amide bonds. The first-order valence-corrected chi connectivity index (χ1v) is 7.32. The summed E-state index contributed by atoms with van der Waals surface area (Å²) >= 11 is 7.86. The van der Waals surface area contributed by atoms with Gasteiger partial charge in [0.05, 0.1) is 11.0 Å². The normalized spacial score (nSPS) is 13.1. The first kappa shape index (κ1) is 12.6.